The largest absolute Gasteiger partial charge is 0.477 e. The van der Waals surface area contributed by atoms with Crippen LogP contribution in [0.3, 0.4) is 0 Å². The van der Waals surface area contributed by atoms with Crippen LogP contribution >= 0.6 is 11.8 Å². The average molecular weight is 548 g/mol. The normalized spacial score (nSPS) is 31.2. The first-order chi connectivity index (χ1) is 18.2. The minimum absolute atomic E-state index is 0.00589. The topological polar surface area (TPSA) is 183 Å². The molecule has 0 aromatic carbocycles. The molecule has 3 amide bonds. The van der Waals surface area contributed by atoms with Crippen molar-refractivity contribution in [3.8, 4) is 0 Å². The third-order valence-electron chi connectivity index (χ3n) is 7.84. The Morgan fingerprint density at radius 1 is 1.32 bits per heavy atom. The molecule has 5 rings (SSSR count). The van der Waals surface area contributed by atoms with Crippen LogP contribution in [-0.2, 0) is 25.7 Å². The molecule has 38 heavy (non-hydrogen) atoms. The van der Waals surface area contributed by atoms with E-state index in [0.29, 0.717) is 30.3 Å². The molecule has 0 spiro atoms. The predicted molar refractivity (Wildman–Crippen MR) is 135 cm³/mol. The fourth-order valence-corrected chi connectivity index (χ4v) is 7.39. The lowest BCUT2D eigenvalue weighted by Gasteiger charge is -2.47. The minimum atomic E-state index is -1.14. The molecule has 4 aliphatic heterocycles. The Kier molecular flexibility index (Phi) is 7.68. The van der Waals surface area contributed by atoms with Gasteiger partial charge in [-0.2, -0.15) is 0 Å². The number of aliphatic carboxylic acids is 1. The highest BCUT2D eigenvalue weighted by atomic mass is 32.2. The Labute approximate surface area is 223 Å². The SMILES string of the molecule is C[C@@H](NC(=O)Cn1cnnn1)[C@H]1C(=O)N2C(C(=O)O)=C(S[C@@H]3CN[C@H](C(=O)NC[C@@H]4CCNC4)C3)[C@H](C)[C@H]12. The summed E-state index contributed by atoms with van der Waals surface area (Å²) in [6.07, 6.45) is 2.96. The van der Waals surface area contributed by atoms with Crippen molar-refractivity contribution in [1.82, 2.24) is 46.4 Å². The van der Waals surface area contributed by atoms with E-state index in [4.69, 9.17) is 0 Å². The van der Waals surface area contributed by atoms with Gasteiger partial charge in [-0.15, -0.1) is 16.9 Å². The summed E-state index contributed by atoms with van der Waals surface area (Å²) in [7, 11) is 0. The Morgan fingerprint density at radius 2 is 2.13 bits per heavy atom. The Balaban J connectivity index is 1.19. The van der Waals surface area contributed by atoms with Crippen LogP contribution in [0.4, 0.5) is 0 Å². The molecule has 5 heterocycles. The van der Waals surface area contributed by atoms with Crippen molar-refractivity contribution >= 4 is 35.5 Å². The highest BCUT2D eigenvalue weighted by molar-refractivity contribution is 8.03. The number of nitrogens with zero attached hydrogens (tertiary/aromatic N) is 5. The second-order valence-corrected chi connectivity index (χ2v) is 11.8. The second-order valence-electron chi connectivity index (χ2n) is 10.4. The number of fused-ring (bicyclic) bond motifs is 1. The van der Waals surface area contributed by atoms with E-state index >= 15 is 0 Å². The van der Waals surface area contributed by atoms with Crippen molar-refractivity contribution in [2.24, 2.45) is 17.8 Å². The van der Waals surface area contributed by atoms with Gasteiger partial charge < -0.3 is 31.3 Å². The van der Waals surface area contributed by atoms with Gasteiger partial charge in [-0.1, -0.05) is 6.92 Å². The van der Waals surface area contributed by atoms with E-state index in [1.54, 1.807) is 6.92 Å². The van der Waals surface area contributed by atoms with Crippen molar-refractivity contribution in [3.63, 3.8) is 0 Å². The van der Waals surface area contributed by atoms with Crippen molar-refractivity contribution in [2.75, 3.05) is 26.2 Å². The molecule has 0 saturated carbocycles. The number of hydrogen-bond donors (Lipinski definition) is 5. The monoisotopic (exact) mass is 547 g/mol. The molecule has 15 heteroatoms. The molecular formula is C23H33N9O5S. The molecular weight excluding hydrogens is 514 g/mol. The van der Waals surface area contributed by atoms with E-state index in [9.17, 15) is 24.3 Å². The molecule has 5 N–H and O–H groups in total. The lowest BCUT2D eigenvalue weighted by Crippen LogP contribution is -2.66. The summed E-state index contributed by atoms with van der Waals surface area (Å²) in [5.74, 6) is -2.13. The molecule has 7 atom stereocenters. The second kappa shape index (κ2) is 11.0. The zero-order valence-corrected chi connectivity index (χ0v) is 22.1. The van der Waals surface area contributed by atoms with E-state index in [1.165, 1.54) is 27.7 Å². The van der Waals surface area contributed by atoms with E-state index in [2.05, 4.69) is 36.8 Å². The van der Waals surface area contributed by atoms with Gasteiger partial charge in [0.05, 0.1) is 18.0 Å². The fraction of sp³-hybridized carbons (Fsp3) is 0.696. The van der Waals surface area contributed by atoms with E-state index in [-0.39, 0.29) is 53.2 Å². The van der Waals surface area contributed by atoms with E-state index in [1.807, 2.05) is 6.92 Å². The zero-order valence-electron chi connectivity index (χ0n) is 21.3. The zero-order chi connectivity index (χ0) is 27.0. The van der Waals surface area contributed by atoms with Gasteiger partial charge in [-0.25, -0.2) is 9.48 Å². The van der Waals surface area contributed by atoms with Gasteiger partial charge in [0.1, 0.15) is 18.6 Å². The van der Waals surface area contributed by atoms with Gasteiger partial charge in [0.2, 0.25) is 17.7 Å². The van der Waals surface area contributed by atoms with E-state index < -0.39 is 17.9 Å². The molecule has 0 aliphatic carbocycles. The molecule has 3 saturated heterocycles. The minimum Gasteiger partial charge on any atom is -0.477 e. The number of aromatic nitrogens is 4. The lowest BCUT2D eigenvalue weighted by molar-refractivity contribution is -0.158. The van der Waals surface area contributed by atoms with Crippen molar-refractivity contribution in [3.05, 3.63) is 16.9 Å². The highest BCUT2D eigenvalue weighted by Gasteiger charge is 2.60. The number of β-lactam (4-membered cyclic amide) rings is 1. The molecule has 206 valence electrons. The number of carboxylic acids is 1. The quantitative estimate of drug-likeness (QED) is 0.207. The highest BCUT2D eigenvalue weighted by Crippen LogP contribution is 2.51. The van der Waals surface area contributed by atoms with Gasteiger partial charge in [0.15, 0.2) is 0 Å². The lowest BCUT2D eigenvalue weighted by atomic mass is 9.78. The number of carbonyl (C=O) groups excluding carboxylic acids is 3. The van der Waals surface area contributed by atoms with Crippen LogP contribution in [0.5, 0.6) is 0 Å². The molecule has 3 fully saturated rings. The first-order valence-electron chi connectivity index (χ1n) is 12.9. The summed E-state index contributed by atoms with van der Waals surface area (Å²) >= 11 is 1.44. The molecule has 1 aromatic heterocycles. The maximum atomic E-state index is 13.1. The third kappa shape index (κ3) is 5.14. The number of nitrogens with one attached hydrogen (secondary N) is 4. The molecule has 1 aromatic rings. The number of rotatable bonds is 10. The van der Waals surface area contributed by atoms with Gasteiger partial charge in [0, 0.05) is 35.2 Å². The summed E-state index contributed by atoms with van der Waals surface area (Å²) in [4.78, 5) is 52.5. The standard InChI is InChI=1S/C23H33N9O5S/c1-11-18-17(12(2)28-16(33)9-31-10-27-29-30-31)22(35)32(18)19(23(36)37)20(11)38-14-5-15(25-8-14)21(34)26-7-13-3-4-24-6-13/h10-15,17-18,24-25H,3-9H2,1-2H3,(H,26,34)(H,28,33)(H,36,37)/t11-,12-,13-,14+,15+,17-,18-/m1/s1. The molecule has 0 bridgehead atoms. The number of amides is 3. The smallest absolute Gasteiger partial charge is 0.353 e. The van der Waals surface area contributed by atoms with E-state index in [0.717, 1.165) is 19.5 Å². The molecule has 14 nitrogen and oxygen atoms in total. The number of carbonyl (C=O) groups is 4. The van der Waals surface area contributed by atoms with Gasteiger partial charge >= 0.3 is 5.97 Å². The molecule has 0 radical (unpaired) electrons. The first-order valence-corrected chi connectivity index (χ1v) is 13.8. The van der Waals surface area contributed by atoms with Gasteiger partial charge in [-0.3, -0.25) is 14.4 Å². The number of tetrazole rings is 1. The first kappa shape index (κ1) is 26.6. The van der Waals surface area contributed by atoms with Crippen molar-refractivity contribution in [2.45, 2.75) is 56.6 Å². The number of hydrogen-bond acceptors (Lipinski definition) is 10. The number of thioether (sulfide) groups is 1. The fourth-order valence-electron chi connectivity index (χ4n) is 5.91. The van der Waals surface area contributed by atoms with Crippen LogP contribution in [0.25, 0.3) is 0 Å². The van der Waals surface area contributed by atoms with Crippen LogP contribution in [0.15, 0.2) is 16.9 Å². The van der Waals surface area contributed by atoms with Crippen LogP contribution < -0.4 is 21.3 Å². The summed E-state index contributed by atoms with van der Waals surface area (Å²) in [6, 6.07) is -1.17. The van der Waals surface area contributed by atoms with Crippen LogP contribution in [0, 0.1) is 17.8 Å². The summed E-state index contributed by atoms with van der Waals surface area (Å²) in [5, 5.41) is 33.1. The summed E-state index contributed by atoms with van der Waals surface area (Å²) in [5.41, 5.74) is 0.0163. The average Bonchev–Trinajstić information content (AvgIpc) is 3.67. The maximum Gasteiger partial charge on any atom is 0.353 e. The third-order valence-corrected chi connectivity index (χ3v) is 9.36. The van der Waals surface area contributed by atoms with Crippen molar-refractivity contribution < 1.29 is 24.3 Å². The van der Waals surface area contributed by atoms with Crippen LogP contribution in [-0.4, -0.2) is 103 Å². The molecule has 0 unspecified atom stereocenters. The number of carboxylic acid groups (broad SMARTS) is 1. The Morgan fingerprint density at radius 3 is 2.82 bits per heavy atom. The Hall–Kier alpha value is -3.04. The van der Waals surface area contributed by atoms with Gasteiger partial charge in [-0.05, 0) is 49.2 Å². The maximum absolute atomic E-state index is 13.1. The van der Waals surface area contributed by atoms with Crippen LogP contribution in [0.2, 0.25) is 0 Å². The predicted octanol–water partition coefficient (Wildman–Crippen LogP) is -1.86. The molecule has 4 aliphatic rings. The Bertz CT molecular complexity index is 1120. The summed E-state index contributed by atoms with van der Waals surface area (Å²) < 4.78 is 1.28. The van der Waals surface area contributed by atoms with Gasteiger partial charge in [0.25, 0.3) is 0 Å². The van der Waals surface area contributed by atoms with Crippen LogP contribution in [0.1, 0.15) is 26.7 Å². The van der Waals surface area contributed by atoms with Crippen molar-refractivity contribution in [1.29, 1.82) is 0 Å². The summed E-state index contributed by atoms with van der Waals surface area (Å²) in [6.45, 7) is 6.71.